The molecule has 17 heavy (non-hydrogen) atoms. The highest BCUT2D eigenvalue weighted by atomic mass is 15.0. The van der Waals surface area contributed by atoms with Gasteiger partial charge in [0.05, 0.1) is 0 Å². The lowest BCUT2D eigenvalue weighted by molar-refractivity contribution is 0.286. The van der Waals surface area contributed by atoms with Crippen molar-refractivity contribution in [2.45, 2.75) is 57.5 Å². The number of hydrogen-bond donors (Lipinski definition) is 1. The van der Waals surface area contributed by atoms with E-state index in [0.29, 0.717) is 0 Å². The minimum atomic E-state index is 0.843. The molecule has 92 valence electrons. The van der Waals surface area contributed by atoms with Crippen LogP contribution >= 0.6 is 0 Å². The van der Waals surface area contributed by atoms with Crippen LogP contribution in [0.1, 0.15) is 43.2 Å². The summed E-state index contributed by atoms with van der Waals surface area (Å²) < 4.78 is 0. The fourth-order valence-corrected chi connectivity index (χ4v) is 3.66. The van der Waals surface area contributed by atoms with Gasteiger partial charge in [-0.15, -0.1) is 0 Å². The number of hydrogen-bond acceptors (Lipinski definition) is 1. The minimum Gasteiger partial charge on any atom is -0.311 e. The summed E-state index contributed by atoms with van der Waals surface area (Å²) >= 11 is 0. The van der Waals surface area contributed by atoms with E-state index >= 15 is 0 Å². The summed E-state index contributed by atoms with van der Waals surface area (Å²) in [4.78, 5) is 0. The van der Waals surface area contributed by atoms with Crippen LogP contribution in [0.15, 0.2) is 24.3 Å². The molecule has 2 aliphatic rings. The molecular weight excluding hydrogens is 206 g/mol. The molecule has 1 aromatic carbocycles. The van der Waals surface area contributed by atoms with Gasteiger partial charge in [0, 0.05) is 12.1 Å². The standard InChI is InChI=1S/C16H23N/c1-12-4-2-3-5-14(12)7-6-13-10-15-8-9-16(11-13)17-15/h2-5,13,15-17H,6-11H2,1H3/t13?,15-,16+. The third kappa shape index (κ3) is 2.55. The highest BCUT2D eigenvalue weighted by Gasteiger charge is 2.32. The maximum Gasteiger partial charge on any atom is 0.00728 e. The molecule has 0 aliphatic carbocycles. The van der Waals surface area contributed by atoms with Crippen LogP contribution in [-0.2, 0) is 6.42 Å². The van der Waals surface area contributed by atoms with Crippen molar-refractivity contribution in [3.8, 4) is 0 Å². The van der Waals surface area contributed by atoms with E-state index in [1.54, 1.807) is 5.56 Å². The van der Waals surface area contributed by atoms with Crippen molar-refractivity contribution in [1.82, 2.24) is 5.32 Å². The van der Waals surface area contributed by atoms with Crippen LogP contribution in [0.25, 0.3) is 0 Å². The van der Waals surface area contributed by atoms with E-state index in [-0.39, 0.29) is 0 Å². The second-order valence-corrected chi connectivity index (χ2v) is 5.94. The van der Waals surface area contributed by atoms with Gasteiger partial charge in [-0.1, -0.05) is 24.3 Å². The van der Waals surface area contributed by atoms with Gasteiger partial charge in [-0.05, 0) is 62.5 Å². The highest BCUT2D eigenvalue weighted by molar-refractivity contribution is 5.25. The van der Waals surface area contributed by atoms with Crippen molar-refractivity contribution < 1.29 is 0 Å². The smallest absolute Gasteiger partial charge is 0.00728 e. The first-order chi connectivity index (χ1) is 8.31. The van der Waals surface area contributed by atoms with E-state index in [1.807, 2.05) is 0 Å². The lowest BCUT2D eigenvalue weighted by atomic mass is 9.87. The topological polar surface area (TPSA) is 12.0 Å². The monoisotopic (exact) mass is 229 g/mol. The van der Waals surface area contributed by atoms with Gasteiger partial charge in [-0.2, -0.15) is 0 Å². The average molecular weight is 229 g/mol. The summed E-state index contributed by atoms with van der Waals surface area (Å²) in [6.45, 7) is 2.24. The molecule has 0 spiro atoms. The zero-order chi connectivity index (χ0) is 11.7. The zero-order valence-electron chi connectivity index (χ0n) is 10.8. The lowest BCUT2D eigenvalue weighted by Gasteiger charge is -2.29. The van der Waals surface area contributed by atoms with Gasteiger partial charge in [0.2, 0.25) is 0 Å². The van der Waals surface area contributed by atoms with Crippen LogP contribution in [0.4, 0.5) is 0 Å². The Balaban J connectivity index is 1.56. The molecule has 2 bridgehead atoms. The second-order valence-electron chi connectivity index (χ2n) is 5.94. The molecule has 0 amide bonds. The molecule has 3 rings (SSSR count). The van der Waals surface area contributed by atoms with Crippen molar-refractivity contribution >= 4 is 0 Å². The van der Waals surface area contributed by atoms with E-state index in [4.69, 9.17) is 0 Å². The van der Waals surface area contributed by atoms with E-state index in [1.165, 1.54) is 44.1 Å². The molecule has 2 saturated heterocycles. The Kier molecular flexibility index (Phi) is 3.19. The van der Waals surface area contributed by atoms with Gasteiger partial charge < -0.3 is 5.32 Å². The Morgan fingerprint density at radius 2 is 1.82 bits per heavy atom. The Morgan fingerprint density at radius 3 is 2.53 bits per heavy atom. The third-order valence-electron chi connectivity index (χ3n) is 4.65. The molecule has 0 aromatic heterocycles. The minimum absolute atomic E-state index is 0.843. The Hall–Kier alpha value is -0.820. The lowest BCUT2D eigenvalue weighted by Crippen LogP contribution is -2.38. The van der Waals surface area contributed by atoms with Gasteiger partial charge in [-0.25, -0.2) is 0 Å². The number of aryl methyl sites for hydroxylation is 2. The van der Waals surface area contributed by atoms with Crippen molar-refractivity contribution in [2.24, 2.45) is 5.92 Å². The molecule has 1 aromatic rings. The average Bonchev–Trinajstić information content (AvgIpc) is 2.68. The highest BCUT2D eigenvalue weighted by Crippen LogP contribution is 2.33. The molecule has 1 heteroatoms. The molecule has 0 saturated carbocycles. The number of piperidine rings is 1. The molecule has 2 fully saturated rings. The summed E-state index contributed by atoms with van der Waals surface area (Å²) in [6, 6.07) is 10.5. The van der Waals surface area contributed by atoms with Crippen molar-refractivity contribution in [3.05, 3.63) is 35.4 Å². The Morgan fingerprint density at radius 1 is 1.12 bits per heavy atom. The van der Waals surface area contributed by atoms with E-state index in [9.17, 15) is 0 Å². The second kappa shape index (κ2) is 4.81. The predicted molar refractivity (Wildman–Crippen MR) is 72.2 cm³/mol. The maximum absolute atomic E-state index is 3.73. The van der Waals surface area contributed by atoms with Crippen LogP contribution in [-0.4, -0.2) is 12.1 Å². The fraction of sp³-hybridized carbons (Fsp3) is 0.625. The molecule has 0 radical (unpaired) electrons. The molecular formula is C16H23N. The van der Waals surface area contributed by atoms with Gasteiger partial charge >= 0.3 is 0 Å². The first-order valence-corrected chi connectivity index (χ1v) is 7.12. The summed E-state index contributed by atoms with van der Waals surface area (Å²) in [5, 5.41) is 3.73. The summed E-state index contributed by atoms with van der Waals surface area (Å²) in [6.07, 6.45) is 8.35. The van der Waals surface area contributed by atoms with Crippen molar-refractivity contribution in [2.75, 3.05) is 0 Å². The SMILES string of the molecule is Cc1ccccc1CCC1C[C@H]2CC[C@@H](C1)N2. The number of benzene rings is 1. The van der Waals surface area contributed by atoms with E-state index in [0.717, 1.165) is 18.0 Å². The molecule has 1 N–H and O–H groups in total. The van der Waals surface area contributed by atoms with Crippen molar-refractivity contribution in [3.63, 3.8) is 0 Å². The van der Waals surface area contributed by atoms with Gasteiger partial charge in [0.15, 0.2) is 0 Å². The molecule has 1 nitrogen and oxygen atoms in total. The normalized spacial score (nSPS) is 31.7. The predicted octanol–water partition coefficient (Wildman–Crippen LogP) is 3.46. The molecule has 3 atom stereocenters. The quantitative estimate of drug-likeness (QED) is 0.837. The van der Waals surface area contributed by atoms with Crippen LogP contribution in [0.3, 0.4) is 0 Å². The first-order valence-electron chi connectivity index (χ1n) is 7.12. The largest absolute Gasteiger partial charge is 0.311 e. The van der Waals surface area contributed by atoms with E-state index < -0.39 is 0 Å². The third-order valence-corrected chi connectivity index (χ3v) is 4.65. The van der Waals surface area contributed by atoms with Gasteiger partial charge in [0.1, 0.15) is 0 Å². The zero-order valence-corrected chi connectivity index (χ0v) is 10.8. The van der Waals surface area contributed by atoms with Crippen LogP contribution < -0.4 is 5.32 Å². The Labute approximate surface area is 105 Å². The van der Waals surface area contributed by atoms with Gasteiger partial charge in [0.25, 0.3) is 0 Å². The maximum atomic E-state index is 3.73. The number of rotatable bonds is 3. The van der Waals surface area contributed by atoms with Crippen molar-refractivity contribution in [1.29, 1.82) is 0 Å². The van der Waals surface area contributed by atoms with Crippen LogP contribution in [0.5, 0.6) is 0 Å². The fourth-order valence-electron chi connectivity index (χ4n) is 3.66. The molecule has 2 aliphatic heterocycles. The summed E-state index contributed by atoms with van der Waals surface area (Å²) in [5.74, 6) is 0.966. The molecule has 1 unspecified atom stereocenters. The van der Waals surface area contributed by atoms with E-state index in [2.05, 4.69) is 36.5 Å². The number of fused-ring (bicyclic) bond motifs is 2. The summed E-state index contributed by atoms with van der Waals surface area (Å²) in [5.41, 5.74) is 3.02. The van der Waals surface area contributed by atoms with Crippen LogP contribution in [0, 0.1) is 12.8 Å². The first kappa shape index (κ1) is 11.3. The Bertz CT molecular complexity index is 373. The number of nitrogens with one attached hydrogen (secondary N) is 1. The van der Waals surface area contributed by atoms with Gasteiger partial charge in [-0.3, -0.25) is 0 Å². The van der Waals surface area contributed by atoms with Crippen LogP contribution in [0.2, 0.25) is 0 Å². The summed E-state index contributed by atoms with van der Waals surface area (Å²) in [7, 11) is 0. The molecule has 2 heterocycles.